The van der Waals surface area contributed by atoms with E-state index in [2.05, 4.69) is 19.1 Å². The topological polar surface area (TPSA) is 80.6 Å². The van der Waals surface area contributed by atoms with Crippen molar-refractivity contribution < 1.29 is 49.7 Å². The van der Waals surface area contributed by atoms with Crippen LogP contribution in [0.4, 0.5) is 0 Å². The summed E-state index contributed by atoms with van der Waals surface area (Å²) in [5.41, 5.74) is -0.178. The minimum Gasteiger partial charge on any atom is -0.545 e. The monoisotopic (exact) mass is 428 g/mol. The summed E-state index contributed by atoms with van der Waals surface area (Å²) in [4.78, 5) is 10.2. The minimum absolute atomic E-state index is 0. The summed E-state index contributed by atoms with van der Waals surface area (Å²) in [5, 5.41) is 27.7. The molecule has 0 aliphatic carbocycles. The first-order chi connectivity index (χ1) is 14.1. The second-order valence-corrected chi connectivity index (χ2v) is 7.47. The number of phenols is 1. The van der Waals surface area contributed by atoms with Crippen LogP contribution in [0, 0.1) is 0 Å². The molecule has 4 nitrogen and oxygen atoms in total. The smallest absolute Gasteiger partial charge is 0.545 e. The molecule has 0 unspecified atom stereocenters. The molecule has 0 radical (unpaired) electrons. The first-order valence-corrected chi connectivity index (χ1v) is 11.4. The molecule has 0 aliphatic heterocycles. The Hall–Kier alpha value is -0.810. The van der Waals surface area contributed by atoms with Gasteiger partial charge in [-0.3, -0.25) is 0 Å². The maximum Gasteiger partial charge on any atom is 1.00 e. The fourth-order valence-electron chi connectivity index (χ4n) is 3.01. The largest absolute Gasteiger partial charge is 1.00 e. The number of carboxylic acids is 1. The third kappa shape index (κ3) is 20.5. The van der Waals surface area contributed by atoms with Crippen LogP contribution in [0.25, 0.3) is 0 Å². The van der Waals surface area contributed by atoms with Gasteiger partial charge in [0.1, 0.15) is 5.75 Å². The number of aliphatic hydroxyl groups is 1. The molecule has 0 aliphatic rings. The maximum atomic E-state index is 10.2. The van der Waals surface area contributed by atoms with E-state index in [9.17, 15) is 9.90 Å². The summed E-state index contributed by atoms with van der Waals surface area (Å²) < 4.78 is 0. The first-order valence-electron chi connectivity index (χ1n) is 11.4. The molecule has 0 heterocycles. The van der Waals surface area contributed by atoms with Crippen LogP contribution in [0.3, 0.4) is 0 Å². The summed E-state index contributed by atoms with van der Waals surface area (Å²) in [7, 11) is 0. The number of benzene rings is 1. The molecule has 166 valence electrons. The summed E-state index contributed by atoms with van der Waals surface area (Å²) in [6.45, 7) is 2.64. The van der Waals surface area contributed by atoms with Gasteiger partial charge in [0.25, 0.3) is 0 Å². The fourth-order valence-corrected chi connectivity index (χ4v) is 3.01. The Labute approximate surface area is 206 Å². The number of hydrogen-bond acceptors (Lipinski definition) is 4. The summed E-state index contributed by atoms with van der Waals surface area (Å²) in [6, 6.07) is 5.64. The Bertz CT molecular complexity index is 532. The summed E-state index contributed by atoms with van der Waals surface area (Å²) in [6.07, 6.45) is 23.2. The van der Waals surface area contributed by atoms with Crippen LogP contribution in [0.1, 0.15) is 107 Å². The van der Waals surface area contributed by atoms with E-state index in [0.717, 1.165) is 6.42 Å². The number of allylic oxidation sites excluding steroid dienone is 2. The Balaban J connectivity index is 0. The zero-order valence-electron chi connectivity index (χ0n) is 19.3. The molecule has 1 aromatic carbocycles. The third-order valence-electron chi connectivity index (χ3n) is 4.79. The first kappa shape index (κ1) is 31.4. The van der Waals surface area contributed by atoms with E-state index in [1.165, 1.54) is 102 Å². The van der Waals surface area contributed by atoms with Gasteiger partial charge in [-0.05, 0) is 44.2 Å². The minimum atomic E-state index is -1.36. The van der Waals surface area contributed by atoms with Crippen molar-refractivity contribution in [1.29, 1.82) is 0 Å². The van der Waals surface area contributed by atoms with Gasteiger partial charge in [-0.1, -0.05) is 89.0 Å². The van der Waals surface area contributed by atoms with Crippen LogP contribution in [-0.2, 0) is 0 Å². The molecule has 0 fully saturated rings. The second-order valence-electron chi connectivity index (χ2n) is 7.47. The number of para-hydroxylation sites is 1. The van der Waals surface area contributed by atoms with Crippen molar-refractivity contribution in [3.63, 3.8) is 0 Å². The van der Waals surface area contributed by atoms with E-state index in [0.29, 0.717) is 6.61 Å². The molecule has 0 saturated heterocycles. The predicted octanol–water partition coefficient (Wildman–Crippen LogP) is 2.78. The van der Waals surface area contributed by atoms with Gasteiger partial charge in [-0.2, -0.15) is 0 Å². The molecule has 5 heteroatoms. The van der Waals surface area contributed by atoms with Crippen LogP contribution < -0.4 is 34.7 Å². The number of hydrogen-bond donors (Lipinski definition) is 2. The maximum absolute atomic E-state index is 10.2. The Morgan fingerprint density at radius 1 is 0.833 bits per heavy atom. The molecule has 0 saturated carbocycles. The van der Waals surface area contributed by atoms with Gasteiger partial charge in [0.15, 0.2) is 0 Å². The average Bonchev–Trinajstić information content (AvgIpc) is 2.71. The molecule has 0 aromatic heterocycles. The molecule has 0 bridgehead atoms. The van der Waals surface area contributed by atoms with Gasteiger partial charge < -0.3 is 20.1 Å². The molecule has 0 spiro atoms. The molecule has 0 amide bonds. The second kappa shape index (κ2) is 24.5. The van der Waals surface area contributed by atoms with E-state index in [-0.39, 0.29) is 40.9 Å². The number of aromatic carboxylic acids is 1. The van der Waals surface area contributed by atoms with Gasteiger partial charge >= 0.3 is 29.6 Å². The Morgan fingerprint density at radius 2 is 1.30 bits per heavy atom. The SMILES string of the molecule is CCCCCCCC/C=C\CCCCCCCCO.O=C([O-])c1ccccc1O.[Na+]. The molecular weight excluding hydrogens is 387 g/mol. The van der Waals surface area contributed by atoms with Crippen LogP contribution in [0.2, 0.25) is 0 Å². The summed E-state index contributed by atoms with van der Waals surface area (Å²) in [5.74, 6) is -1.62. The predicted molar refractivity (Wildman–Crippen MR) is 119 cm³/mol. The Morgan fingerprint density at radius 3 is 1.73 bits per heavy atom. The van der Waals surface area contributed by atoms with Gasteiger partial charge in [0.05, 0.1) is 5.97 Å². The molecule has 1 aromatic rings. The van der Waals surface area contributed by atoms with Crippen LogP contribution in [0.15, 0.2) is 36.4 Å². The number of aliphatic hydroxyl groups excluding tert-OH is 1. The van der Waals surface area contributed by atoms with Crippen molar-refractivity contribution in [1.82, 2.24) is 0 Å². The molecule has 1 rings (SSSR count). The van der Waals surface area contributed by atoms with Crippen molar-refractivity contribution in [3.05, 3.63) is 42.0 Å². The number of aromatic hydroxyl groups is 1. The standard InChI is InChI=1S/C18H36O.C7H6O3.Na/c1-2-3-4-5-6-7-8-9-10-11-12-13-14-15-16-17-18-19;8-6-4-2-1-3-5(6)7(9)10;/h9-10,19H,2-8,11-18H2,1H3;1-4,8H,(H,9,10);/q;;+1/p-1/b10-9-;;. The van der Waals surface area contributed by atoms with E-state index in [1.807, 2.05) is 0 Å². The van der Waals surface area contributed by atoms with E-state index < -0.39 is 5.97 Å². The van der Waals surface area contributed by atoms with Crippen LogP contribution in [-0.4, -0.2) is 22.8 Å². The number of carbonyl (C=O) groups excluding carboxylic acids is 1. The van der Waals surface area contributed by atoms with Crippen molar-refractivity contribution in [2.45, 2.75) is 96.8 Å². The number of rotatable bonds is 16. The van der Waals surface area contributed by atoms with Crippen LogP contribution >= 0.6 is 0 Å². The van der Waals surface area contributed by atoms with Gasteiger partial charge in [-0.25, -0.2) is 0 Å². The van der Waals surface area contributed by atoms with Crippen molar-refractivity contribution >= 4 is 5.97 Å². The van der Waals surface area contributed by atoms with Gasteiger partial charge in [0, 0.05) is 12.2 Å². The number of carboxylic acid groups (broad SMARTS) is 1. The molecule has 0 atom stereocenters. The third-order valence-corrected chi connectivity index (χ3v) is 4.79. The molecule has 2 N–H and O–H groups in total. The van der Waals surface area contributed by atoms with Crippen LogP contribution in [0.5, 0.6) is 5.75 Å². The molecule has 30 heavy (non-hydrogen) atoms. The van der Waals surface area contributed by atoms with E-state index >= 15 is 0 Å². The zero-order chi connectivity index (χ0) is 21.6. The van der Waals surface area contributed by atoms with Crippen molar-refractivity contribution in [3.8, 4) is 5.75 Å². The quantitative estimate of drug-likeness (QED) is 0.241. The molecular formula is C25H41NaO4. The Kier molecular flexibility index (Phi) is 25.6. The van der Waals surface area contributed by atoms with Crippen molar-refractivity contribution in [2.24, 2.45) is 0 Å². The van der Waals surface area contributed by atoms with E-state index in [1.54, 1.807) is 6.07 Å². The summed E-state index contributed by atoms with van der Waals surface area (Å²) >= 11 is 0. The number of unbranched alkanes of at least 4 members (excludes halogenated alkanes) is 12. The van der Waals surface area contributed by atoms with Crippen molar-refractivity contribution in [2.75, 3.05) is 6.61 Å². The zero-order valence-corrected chi connectivity index (χ0v) is 21.3. The average molecular weight is 429 g/mol. The van der Waals surface area contributed by atoms with E-state index in [4.69, 9.17) is 10.2 Å². The normalized spacial score (nSPS) is 10.3. The van der Waals surface area contributed by atoms with Gasteiger partial charge in [-0.15, -0.1) is 0 Å². The number of carbonyl (C=O) groups is 1. The fraction of sp³-hybridized carbons (Fsp3) is 0.640. The van der Waals surface area contributed by atoms with Gasteiger partial charge in [0.2, 0.25) is 0 Å².